The van der Waals surface area contributed by atoms with Gasteiger partial charge in [-0.25, -0.2) is 4.79 Å². The Morgan fingerprint density at radius 2 is 2.00 bits per heavy atom. The molecule has 82 valence electrons. The summed E-state index contributed by atoms with van der Waals surface area (Å²) in [6, 6.07) is 0. The zero-order chi connectivity index (χ0) is 11.4. The number of carbonyl (C=O) groups is 2. The van der Waals surface area contributed by atoms with Crippen LogP contribution in [0.3, 0.4) is 0 Å². The second-order valence-corrected chi connectivity index (χ2v) is 2.86. The SMILES string of the molecule is CNC(=O)CN(C)CC(F)(F)C(=O)O. The number of rotatable bonds is 5. The smallest absolute Gasteiger partial charge is 0.375 e. The van der Waals surface area contributed by atoms with Crippen LogP contribution in [0, 0.1) is 0 Å². The number of aliphatic carboxylic acids is 1. The molecule has 0 spiro atoms. The molecule has 2 N–H and O–H groups in total. The number of carboxylic acid groups (broad SMARTS) is 1. The van der Waals surface area contributed by atoms with Gasteiger partial charge in [0.1, 0.15) is 0 Å². The van der Waals surface area contributed by atoms with Gasteiger partial charge in [-0.2, -0.15) is 8.78 Å². The minimum atomic E-state index is -3.83. The molecule has 0 atom stereocenters. The van der Waals surface area contributed by atoms with Crippen molar-refractivity contribution in [3.8, 4) is 0 Å². The maximum atomic E-state index is 12.6. The molecule has 0 aliphatic rings. The van der Waals surface area contributed by atoms with E-state index < -0.39 is 24.3 Å². The normalized spacial score (nSPS) is 11.5. The Morgan fingerprint density at radius 1 is 1.50 bits per heavy atom. The summed E-state index contributed by atoms with van der Waals surface area (Å²) < 4.78 is 25.2. The first-order valence-electron chi connectivity index (χ1n) is 3.80. The molecule has 0 aromatic heterocycles. The molecule has 0 heterocycles. The lowest BCUT2D eigenvalue weighted by molar-refractivity contribution is -0.167. The molecule has 0 saturated carbocycles. The lowest BCUT2D eigenvalue weighted by Gasteiger charge is -2.19. The minimum Gasteiger partial charge on any atom is -0.477 e. The van der Waals surface area contributed by atoms with Crippen LogP contribution in [0.15, 0.2) is 0 Å². The Hall–Kier alpha value is -1.24. The third-order valence-corrected chi connectivity index (χ3v) is 1.47. The molecule has 0 radical (unpaired) electrons. The second kappa shape index (κ2) is 4.85. The summed E-state index contributed by atoms with van der Waals surface area (Å²) in [6.07, 6.45) is 0. The van der Waals surface area contributed by atoms with Crippen molar-refractivity contribution >= 4 is 11.9 Å². The Labute approximate surface area is 79.7 Å². The molecule has 0 aliphatic carbocycles. The number of nitrogens with zero attached hydrogens (tertiary/aromatic N) is 1. The van der Waals surface area contributed by atoms with Gasteiger partial charge in [0.2, 0.25) is 5.91 Å². The summed E-state index contributed by atoms with van der Waals surface area (Å²) in [5.74, 6) is -6.47. The van der Waals surface area contributed by atoms with E-state index in [1.54, 1.807) is 0 Å². The molecule has 0 unspecified atom stereocenters. The molecule has 0 rings (SSSR count). The maximum absolute atomic E-state index is 12.6. The van der Waals surface area contributed by atoms with Gasteiger partial charge in [-0.05, 0) is 7.05 Å². The first-order chi connectivity index (χ1) is 6.29. The molecular formula is C7H12F2N2O3. The molecule has 14 heavy (non-hydrogen) atoms. The van der Waals surface area contributed by atoms with Gasteiger partial charge in [-0.15, -0.1) is 0 Å². The van der Waals surface area contributed by atoms with Gasteiger partial charge >= 0.3 is 11.9 Å². The number of hydrogen-bond acceptors (Lipinski definition) is 3. The number of halogens is 2. The highest BCUT2D eigenvalue weighted by Gasteiger charge is 2.39. The minimum absolute atomic E-state index is 0.265. The van der Waals surface area contributed by atoms with Crippen LogP contribution < -0.4 is 5.32 Å². The van der Waals surface area contributed by atoms with E-state index in [4.69, 9.17) is 5.11 Å². The van der Waals surface area contributed by atoms with Crippen molar-refractivity contribution in [3.63, 3.8) is 0 Å². The number of carbonyl (C=O) groups excluding carboxylic acids is 1. The van der Waals surface area contributed by atoms with Gasteiger partial charge in [-0.1, -0.05) is 0 Å². The van der Waals surface area contributed by atoms with Crippen LogP contribution in [0.1, 0.15) is 0 Å². The second-order valence-electron chi connectivity index (χ2n) is 2.86. The summed E-state index contributed by atoms with van der Waals surface area (Å²) in [4.78, 5) is 21.7. The van der Waals surface area contributed by atoms with E-state index in [-0.39, 0.29) is 6.54 Å². The van der Waals surface area contributed by atoms with Gasteiger partial charge < -0.3 is 10.4 Å². The summed E-state index contributed by atoms with van der Waals surface area (Å²) in [5.41, 5.74) is 0. The van der Waals surface area contributed by atoms with Crippen molar-refractivity contribution in [3.05, 3.63) is 0 Å². The Balaban J connectivity index is 4.12. The zero-order valence-corrected chi connectivity index (χ0v) is 7.88. The lowest BCUT2D eigenvalue weighted by atomic mass is 10.3. The van der Waals surface area contributed by atoms with E-state index >= 15 is 0 Å². The third-order valence-electron chi connectivity index (χ3n) is 1.47. The summed E-state index contributed by atoms with van der Waals surface area (Å²) in [6.45, 7) is -1.25. The van der Waals surface area contributed by atoms with Gasteiger partial charge in [0, 0.05) is 7.05 Å². The van der Waals surface area contributed by atoms with Crippen molar-refractivity contribution in [1.82, 2.24) is 10.2 Å². The first kappa shape index (κ1) is 12.8. The molecule has 5 nitrogen and oxygen atoms in total. The Bertz CT molecular complexity index is 233. The summed E-state index contributed by atoms with van der Waals surface area (Å²) in [5, 5.41) is 10.3. The van der Waals surface area contributed by atoms with Crippen molar-refractivity contribution in [2.24, 2.45) is 0 Å². The van der Waals surface area contributed by atoms with Crippen LogP contribution in [-0.4, -0.2) is 55.0 Å². The standard InChI is InChI=1S/C7H12F2N2O3/c1-10-5(12)3-11(2)4-7(8,9)6(13)14/h3-4H2,1-2H3,(H,10,12)(H,13,14). The van der Waals surface area contributed by atoms with Crippen LogP contribution in [0.25, 0.3) is 0 Å². The quantitative estimate of drug-likeness (QED) is 0.634. The predicted octanol–water partition coefficient (Wildman–Crippen LogP) is -0.616. The fraction of sp³-hybridized carbons (Fsp3) is 0.714. The van der Waals surface area contributed by atoms with Gasteiger partial charge in [0.15, 0.2) is 0 Å². The first-order valence-corrected chi connectivity index (χ1v) is 3.80. The van der Waals surface area contributed by atoms with Crippen LogP contribution in [0.5, 0.6) is 0 Å². The molecule has 0 aromatic rings. The third kappa shape index (κ3) is 4.13. The summed E-state index contributed by atoms with van der Waals surface area (Å²) in [7, 11) is 2.61. The average Bonchev–Trinajstić information content (AvgIpc) is 2.02. The van der Waals surface area contributed by atoms with Crippen LogP contribution in [0.2, 0.25) is 0 Å². The molecule has 0 fully saturated rings. The Kier molecular flexibility index (Phi) is 4.42. The fourth-order valence-electron chi connectivity index (χ4n) is 0.787. The van der Waals surface area contributed by atoms with E-state index in [1.165, 1.54) is 14.1 Å². The lowest BCUT2D eigenvalue weighted by Crippen LogP contribution is -2.44. The van der Waals surface area contributed by atoms with E-state index in [0.717, 1.165) is 4.90 Å². The van der Waals surface area contributed by atoms with Gasteiger partial charge in [0.25, 0.3) is 0 Å². The van der Waals surface area contributed by atoms with E-state index in [9.17, 15) is 18.4 Å². The number of hydrogen-bond donors (Lipinski definition) is 2. The van der Waals surface area contributed by atoms with E-state index in [1.807, 2.05) is 0 Å². The molecule has 0 aromatic carbocycles. The van der Waals surface area contributed by atoms with Crippen LogP contribution in [0.4, 0.5) is 8.78 Å². The molecular weight excluding hydrogens is 198 g/mol. The molecule has 0 bridgehead atoms. The maximum Gasteiger partial charge on any atom is 0.375 e. The van der Waals surface area contributed by atoms with Crippen molar-refractivity contribution < 1.29 is 23.5 Å². The number of likely N-dealkylation sites (N-methyl/N-ethyl adjacent to an activating group) is 2. The molecule has 1 amide bonds. The highest BCUT2D eigenvalue weighted by atomic mass is 19.3. The van der Waals surface area contributed by atoms with Crippen molar-refractivity contribution in [1.29, 1.82) is 0 Å². The number of nitrogens with one attached hydrogen (secondary N) is 1. The largest absolute Gasteiger partial charge is 0.477 e. The van der Waals surface area contributed by atoms with E-state index in [2.05, 4.69) is 5.32 Å². The topological polar surface area (TPSA) is 69.6 Å². The zero-order valence-electron chi connectivity index (χ0n) is 7.88. The highest BCUT2D eigenvalue weighted by molar-refractivity contribution is 5.78. The van der Waals surface area contributed by atoms with Gasteiger partial charge in [0.05, 0.1) is 13.1 Å². The number of amides is 1. The Morgan fingerprint density at radius 3 is 2.36 bits per heavy atom. The predicted molar refractivity (Wildman–Crippen MR) is 44.1 cm³/mol. The molecule has 7 heteroatoms. The molecule has 0 saturated heterocycles. The average molecular weight is 210 g/mol. The number of carboxylic acids is 1. The highest BCUT2D eigenvalue weighted by Crippen LogP contribution is 2.14. The summed E-state index contributed by atoms with van der Waals surface area (Å²) >= 11 is 0. The fourth-order valence-corrected chi connectivity index (χ4v) is 0.787. The molecule has 0 aliphatic heterocycles. The van der Waals surface area contributed by atoms with Crippen molar-refractivity contribution in [2.75, 3.05) is 27.2 Å². The van der Waals surface area contributed by atoms with E-state index in [0.29, 0.717) is 0 Å². The van der Waals surface area contributed by atoms with Gasteiger partial charge in [-0.3, -0.25) is 9.69 Å². The number of alkyl halides is 2. The van der Waals surface area contributed by atoms with Crippen LogP contribution >= 0.6 is 0 Å². The monoisotopic (exact) mass is 210 g/mol. The van der Waals surface area contributed by atoms with Crippen LogP contribution in [-0.2, 0) is 9.59 Å². The van der Waals surface area contributed by atoms with Crippen molar-refractivity contribution in [2.45, 2.75) is 5.92 Å².